The van der Waals surface area contributed by atoms with Gasteiger partial charge in [0.15, 0.2) is 0 Å². The standard InChI is InChI=1S/C11H16N2S2.2ClHO4/c1-8-12(3)10(6-14-8)5-11-7-15-9(2)13(11)4;2*2-1(3,4)5/h6-7H,5H2,1-4H3;2*(H,2,3,4,5)/q+2;;/p-2. The minimum Gasteiger partial charge on any atom is -0.222 e. The second-order valence-corrected chi connectivity index (χ2v) is 8.18. The number of aryl methyl sites for hydroxylation is 2. The van der Waals surface area contributed by atoms with Crippen LogP contribution in [0.3, 0.4) is 0 Å². The molecule has 0 saturated carbocycles. The Labute approximate surface area is 156 Å². The summed E-state index contributed by atoms with van der Waals surface area (Å²) in [5.74, 6) is 0. The van der Waals surface area contributed by atoms with Crippen molar-refractivity contribution in [1.29, 1.82) is 0 Å². The van der Waals surface area contributed by atoms with Gasteiger partial charge in [0.25, 0.3) is 0 Å². The van der Waals surface area contributed by atoms with Gasteiger partial charge in [0.05, 0.1) is 10.8 Å². The smallest absolute Gasteiger partial charge is 0.222 e. The molecule has 0 aliphatic rings. The first-order chi connectivity index (χ1) is 11.1. The summed E-state index contributed by atoms with van der Waals surface area (Å²) in [4.78, 5) is 0. The third-order valence-corrected chi connectivity index (χ3v) is 4.91. The molecule has 0 amide bonds. The Balaban J connectivity index is 0.000000480. The summed E-state index contributed by atoms with van der Waals surface area (Å²) in [6, 6.07) is 0. The monoisotopic (exact) mass is 438 g/mol. The third kappa shape index (κ3) is 12.5. The maximum absolute atomic E-state index is 8.49. The summed E-state index contributed by atoms with van der Waals surface area (Å²) >= 11 is 3.64. The lowest BCUT2D eigenvalue weighted by atomic mass is 10.2. The average molecular weight is 439 g/mol. The van der Waals surface area contributed by atoms with Gasteiger partial charge in [-0.25, -0.2) is 37.3 Å². The molecule has 2 aromatic rings. The molecule has 14 heteroatoms. The molecular weight excluding hydrogens is 423 g/mol. The van der Waals surface area contributed by atoms with Gasteiger partial charge in [-0.1, -0.05) is 22.7 Å². The van der Waals surface area contributed by atoms with E-state index in [2.05, 4.69) is 47.8 Å². The van der Waals surface area contributed by atoms with Gasteiger partial charge in [-0.2, -0.15) is 9.13 Å². The van der Waals surface area contributed by atoms with Crippen LogP contribution >= 0.6 is 22.7 Å². The highest BCUT2D eigenvalue weighted by molar-refractivity contribution is 7.09. The fourth-order valence-electron chi connectivity index (χ4n) is 1.53. The van der Waals surface area contributed by atoms with E-state index in [1.165, 1.54) is 21.4 Å². The number of aromatic nitrogens is 2. The maximum Gasteiger partial charge on any atom is 0.234 e. The molecule has 0 N–H and O–H groups in total. The molecular formula is C11H16Cl2N2O8S2. The normalized spacial score (nSPS) is 11.4. The van der Waals surface area contributed by atoms with Gasteiger partial charge < -0.3 is 0 Å². The molecule has 0 aliphatic heterocycles. The first-order valence-electron chi connectivity index (χ1n) is 6.19. The Kier molecular flexibility index (Phi) is 9.82. The highest BCUT2D eigenvalue weighted by Crippen LogP contribution is 2.12. The zero-order valence-electron chi connectivity index (χ0n) is 13.6. The summed E-state index contributed by atoms with van der Waals surface area (Å²) in [6.45, 7) is 4.32. The molecule has 0 radical (unpaired) electrons. The van der Waals surface area contributed by atoms with Crippen LogP contribution in [0.5, 0.6) is 0 Å². The van der Waals surface area contributed by atoms with Gasteiger partial charge >= 0.3 is 0 Å². The van der Waals surface area contributed by atoms with E-state index in [1.54, 1.807) is 0 Å². The first-order valence-corrected chi connectivity index (χ1v) is 10.4. The lowest BCUT2D eigenvalue weighted by Gasteiger charge is -2.17. The van der Waals surface area contributed by atoms with E-state index >= 15 is 0 Å². The fraction of sp³-hybridized carbons (Fsp3) is 0.455. The Hall–Kier alpha value is -0.480. The molecule has 10 nitrogen and oxygen atoms in total. The summed E-state index contributed by atoms with van der Waals surface area (Å²) < 4.78 is 72.5. The van der Waals surface area contributed by atoms with Crippen LogP contribution < -0.4 is 46.4 Å². The number of hydrogen-bond donors (Lipinski definition) is 0. The highest BCUT2D eigenvalue weighted by atomic mass is 35.7. The van der Waals surface area contributed by atoms with Crippen molar-refractivity contribution in [3.63, 3.8) is 0 Å². The number of halogens is 2. The second-order valence-electron chi connectivity index (χ2n) is 4.54. The molecule has 0 aromatic carbocycles. The van der Waals surface area contributed by atoms with E-state index in [4.69, 9.17) is 37.3 Å². The van der Waals surface area contributed by atoms with Crippen molar-refractivity contribution in [2.45, 2.75) is 20.3 Å². The van der Waals surface area contributed by atoms with Crippen LogP contribution in [0.15, 0.2) is 10.8 Å². The van der Waals surface area contributed by atoms with Crippen molar-refractivity contribution >= 4 is 22.7 Å². The van der Waals surface area contributed by atoms with Crippen LogP contribution in [0, 0.1) is 34.3 Å². The minimum atomic E-state index is -4.94. The Morgan fingerprint density at radius 1 is 0.720 bits per heavy atom. The SMILES string of the molecule is Cc1scc(Cc2csc(C)[n+]2C)[n+]1C.[O-][Cl+3]([O-])([O-])[O-].[O-][Cl+3]([O-])([O-])[O-]. The van der Waals surface area contributed by atoms with E-state index < -0.39 is 20.5 Å². The Morgan fingerprint density at radius 3 is 1.12 bits per heavy atom. The number of hydrogen-bond acceptors (Lipinski definition) is 10. The van der Waals surface area contributed by atoms with Crippen LogP contribution in [0.25, 0.3) is 0 Å². The largest absolute Gasteiger partial charge is 0.234 e. The highest BCUT2D eigenvalue weighted by Gasteiger charge is 2.19. The maximum atomic E-state index is 8.49. The topological polar surface area (TPSA) is 192 Å². The molecule has 2 rings (SSSR count). The van der Waals surface area contributed by atoms with Crippen molar-refractivity contribution < 1.29 is 66.9 Å². The molecule has 0 saturated heterocycles. The quantitative estimate of drug-likeness (QED) is 0.412. The molecule has 2 heterocycles. The number of thiazole rings is 2. The van der Waals surface area contributed by atoms with E-state index in [0.717, 1.165) is 6.42 Å². The fourth-order valence-corrected chi connectivity index (χ4v) is 3.18. The molecule has 0 atom stereocenters. The van der Waals surface area contributed by atoms with Crippen LogP contribution in [-0.4, -0.2) is 0 Å². The van der Waals surface area contributed by atoms with Gasteiger partial charge in [-0.3, -0.25) is 0 Å². The summed E-state index contributed by atoms with van der Waals surface area (Å²) in [6.07, 6.45) is 1.03. The van der Waals surface area contributed by atoms with Crippen molar-refractivity contribution in [1.82, 2.24) is 0 Å². The summed E-state index contributed by atoms with van der Waals surface area (Å²) in [5.41, 5.74) is 2.79. The Bertz CT molecular complexity index is 598. The van der Waals surface area contributed by atoms with Gasteiger partial charge in [0.2, 0.25) is 21.4 Å². The van der Waals surface area contributed by atoms with Gasteiger partial charge in [0, 0.05) is 13.8 Å². The Morgan fingerprint density at radius 2 is 0.960 bits per heavy atom. The van der Waals surface area contributed by atoms with E-state index in [0.29, 0.717) is 0 Å². The first kappa shape index (κ1) is 24.5. The van der Waals surface area contributed by atoms with Crippen LogP contribution in [-0.2, 0) is 20.5 Å². The second kappa shape index (κ2) is 10.0. The summed E-state index contributed by atoms with van der Waals surface area (Å²) in [5, 5.41) is 7.23. The number of rotatable bonds is 2. The zero-order chi connectivity index (χ0) is 20.0. The lowest BCUT2D eigenvalue weighted by molar-refractivity contribution is -2.00. The zero-order valence-corrected chi connectivity index (χ0v) is 16.7. The predicted molar refractivity (Wildman–Crippen MR) is 63.3 cm³/mol. The van der Waals surface area contributed by atoms with Crippen LogP contribution in [0.2, 0.25) is 0 Å². The molecule has 144 valence electrons. The van der Waals surface area contributed by atoms with E-state index in [9.17, 15) is 0 Å². The molecule has 2 aromatic heterocycles. The van der Waals surface area contributed by atoms with Gasteiger partial charge in [0.1, 0.15) is 20.5 Å². The molecule has 0 bridgehead atoms. The average Bonchev–Trinajstić information content (AvgIpc) is 2.85. The molecule has 0 unspecified atom stereocenters. The van der Waals surface area contributed by atoms with Crippen molar-refractivity contribution in [2.24, 2.45) is 14.1 Å². The van der Waals surface area contributed by atoms with Gasteiger partial charge in [-0.05, 0) is 0 Å². The molecule has 0 spiro atoms. The summed E-state index contributed by atoms with van der Waals surface area (Å²) in [7, 11) is -5.61. The minimum absolute atomic E-state index is 1.03. The van der Waals surface area contributed by atoms with Crippen LogP contribution in [0.1, 0.15) is 21.4 Å². The van der Waals surface area contributed by atoms with Crippen molar-refractivity contribution in [3.05, 3.63) is 32.2 Å². The van der Waals surface area contributed by atoms with E-state index in [-0.39, 0.29) is 0 Å². The predicted octanol–water partition coefficient (Wildman–Crippen LogP) is -7.85. The number of nitrogens with zero attached hydrogens (tertiary/aromatic N) is 2. The third-order valence-electron chi connectivity index (χ3n) is 2.90. The van der Waals surface area contributed by atoms with E-state index in [1.807, 2.05) is 22.7 Å². The van der Waals surface area contributed by atoms with Crippen LogP contribution in [0.4, 0.5) is 0 Å². The van der Waals surface area contributed by atoms with Crippen molar-refractivity contribution in [3.8, 4) is 0 Å². The molecule has 25 heavy (non-hydrogen) atoms. The van der Waals surface area contributed by atoms with Gasteiger partial charge in [-0.15, -0.1) is 20.5 Å². The van der Waals surface area contributed by atoms with Crippen molar-refractivity contribution in [2.75, 3.05) is 0 Å². The lowest BCUT2D eigenvalue weighted by Crippen LogP contribution is -2.68. The molecule has 0 fully saturated rings. The molecule has 0 aliphatic carbocycles.